The lowest BCUT2D eigenvalue weighted by Crippen LogP contribution is -2.49. The first-order valence-corrected chi connectivity index (χ1v) is 13.6. The number of urea groups is 1. The number of benzene rings is 2. The highest BCUT2D eigenvalue weighted by atomic mass is 19.4. The summed E-state index contributed by atoms with van der Waals surface area (Å²) >= 11 is 0. The molecule has 0 unspecified atom stereocenters. The first-order valence-electron chi connectivity index (χ1n) is 13.6. The van der Waals surface area contributed by atoms with Crippen LogP contribution >= 0.6 is 0 Å². The lowest BCUT2D eigenvalue weighted by molar-refractivity contribution is -0.142. The summed E-state index contributed by atoms with van der Waals surface area (Å²) in [5.41, 5.74) is 2.33. The number of fused-ring (bicyclic) bond motifs is 1. The molecular weight excluding hydrogens is 553 g/mol. The fraction of sp³-hybridized carbons (Fsp3) is 0.379. The molecule has 0 saturated carbocycles. The summed E-state index contributed by atoms with van der Waals surface area (Å²) in [7, 11) is 1.61. The first-order chi connectivity index (χ1) is 20.2. The quantitative estimate of drug-likeness (QED) is 0.412. The second-order valence-corrected chi connectivity index (χ2v) is 10.2. The number of hydrogen-bond donors (Lipinski definition) is 1. The van der Waals surface area contributed by atoms with E-state index in [1.54, 1.807) is 37.4 Å². The standard InChI is InChI=1S/C29H31F3N6O4/c1-41-23-7-8-24-21(15-23)9-14-38(27(39)35-24)22-10-12-36(13-11-22)25-16-26(34-19-33-25)42-28(40)37(18-29(30,31)32)17-20-5-3-2-4-6-20/h2-8,15-16,19,22H,9-14,17-18H2,1H3,(H,35,39). The highest BCUT2D eigenvalue weighted by Crippen LogP contribution is 2.29. The summed E-state index contributed by atoms with van der Waals surface area (Å²) < 4.78 is 50.2. The molecular formula is C29H31F3N6O4. The van der Waals surface area contributed by atoms with Gasteiger partial charge in [-0.05, 0) is 48.6 Å². The molecule has 10 nitrogen and oxygen atoms in total. The van der Waals surface area contributed by atoms with E-state index in [1.165, 1.54) is 12.4 Å². The van der Waals surface area contributed by atoms with Crippen molar-refractivity contribution < 1.29 is 32.2 Å². The topological polar surface area (TPSA) is 100 Å². The maximum atomic E-state index is 13.2. The van der Waals surface area contributed by atoms with Crippen LogP contribution in [0.15, 0.2) is 60.9 Å². The average Bonchev–Trinajstić information content (AvgIpc) is 3.14. The van der Waals surface area contributed by atoms with Gasteiger partial charge in [0.05, 0.1) is 7.11 Å². The van der Waals surface area contributed by atoms with Crippen LogP contribution < -0.4 is 19.7 Å². The summed E-state index contributed by atoms with van der Waals surface area (Å²) in [6.07, 6.45) is -2.49. The van der Waals surface area contributed by atoms with Crippen molar-refractivity contribution in [2.75, 3.05) is 43.5 Å². The Labute approximate surface area is 241 Å². The summed E-state index contributed by atoms with van der Waals surface area (Å²) in [4.78, 5) is 38.4. The minimum absolute atomic E-state index is 0.0190. The lowest BCUT2D eigenvalue weighted by Gasteiger charge is -2.38. The molecule has 5 rings (SSSR count). The number of nitrogens with one attached hydrogen (secondary N) is 1. The molecule has 1 aromatic heterocycles. The maximum Gasteiger partial charge on any atom is 0.417 e. The smallest absolute Gasteiger partial charge is 0.417 e. The molecule has 42 heavy (non-hydrogen) atoms. The molecule has 2 aliphatic rings. The third-order valence-electron chi connectivity index (χ3n) is 7.33. The molecule has 0 radical (unpaired) electrons. The number of ether oxygens (including phenoxy) is 2. The van der Waals surface area contributed by atoms with E-state index in [0.29, 0.717) is 55.2 Å². The molecule has 3 aromatic rings. The van der Waals surface area contributed by atoms with Gasteiger partial charge in [-0.2, -0.15) is 13.2 Å². The van der Waals surface area contributed by atoms with Crippen LogP contribution in [0.25, 0.3) is 0 Å². The Bertz CT molecular complexity index is 1400. The van der Waals surface area contributed by atoms with Gasteiger partial charge in [-0.3, -0.25) is 4.90 Å². The number of carbonyl (C=O) groups excluding carboxylic acids is 2. The molecule has 3 amide bonds. The van der Waals surface area contributed by atoms with Crippen LogP contribution in [0, 0.1) is 0 Å². The van der Waals surface area contributed by atoms with Crippen LogP contribution in [0.5, 0.6) is 11.6 Å². The monoisotopic (exact) mass is 584 g/mol. The molecule has 0 aliphatic carbocycles. The number of halogens is 3. The first kappa shape index (κ1) is 29.0. The van der Waals surface area contributed by atoms with E-state index in [1.807, 2.05) is 28.0 Å². The molecule has 2 aromatic carbocycles. The number of piperidine rings is 1. The summed E-state index contributed by atoms with van der Waals surface area (Å²) in [5.74, 6) is 1.08. The molecule has 0 bridgehead atoms. The van der Waals surface area contributed by atoms with Crippen LogP contribution in [0.1, 0.15) is 24.0 Å². The fourth-order valence-electron chi connectivity index (χ4n) is 5.23. The third kappa shape index (κ3) is 7.20. The molecule has 1 saturated heterocycles. The number of amides is 3. The predicted octanol–water partition coefficient (Wildman–Crippen LogP) is 5.11. The van der Waals surface area contributed by atoms with Crippen LogP contribution in [0.2, 0.25) is 0 Å². The van der Waals surface area contributed by atoms with Gasteiger partial charge in [-0.1, -0.05) is 30.3 Å². The van der Waals surface area contributed by atoms with Gasteiger partial charge in [0.2, 0.25) is 5.88 Å². The molecule has 0 spiro atoms. The zero-order valence-corrected chi connectivity index (χ0v) is 23.0. The minimum Gasteiger partial charge on any atom is -0.497 e. The van der Waals surface area contributed by atoms with E-state index < -0.39 is 18.8 Å². The molecule has 1 fully saturated rings. The van der Waals surface area contributed by atoms with Gasteiger partial charge in [-0.25, -0.2) is 19.6 Å². The summed E-state index contributed by atoms with van der Waals surface area (Å²) in [5, 5.41) is 3.00. The van der Waals surface area contributed by atoms with Crippen LogP contribution in [0.3, 0.4) is 0 Å². The maximum absolute atomic E-state index is 13.2. The molecule has 2 aliphatic heterocycles. The van der Waals surface area contributed by atoms with Gasteiger partial charge in [0, 0.05) is 44.0 Å². The largest absolute Gasteiger partial charge is 0.497 e. The van der Waals surface area contributed by atoms with Crippen molar-refractivity contribution in [2.45, 2.75) is 38.0 Å². The molecule has 222 valence electrons. The van der Waals surface area contributed by atoms with E-state index in [0.717, 1.165) is 17.0 Å². The SMILES string of the molecule is COc1ccc2c(c1)CCN(C1CCN(c3cc(OC(=O)N(Cc4ccccc4)CC(F)(F)F)ncn3)CC1)C(=O)N2. The van der Waals surface area contributed by atoms with Gasteiger partial charge in [0.1, 0.15) is 24.4 Å². The Morgan fingerprint density at radius 2 is 1.83 bits per heavy atom. The van der Waals surface area contributed by atoms with E-state index in [9.17, 15) is 22.8 Å². The Morgan fingerprint density at radius 3 is 2.55 bits per heavy atom. The molecule has 3 heterocycles. The number of rotatable bonds is 7. The number of methoxy groups -OCH3 is 1. The number of carbonyl (C=O) groups is 2. The van der Waals surface area contributed by atoms with Gasteiger partial charge in [-0.15, -0.1) is 0 Å². The normalized spacial score (nSPS) is 15.9. The van der Waals surface area contributed by atoms with Crippen molar-refractivity contribution in [1.29, 1.82) is 0 Å². The van der Waals surface area contributed by atoms with Crippen LogP contribution in [0.4, 0.5) is 34.3 Å². The average molecular weight is 585 g/mol. The Kier molecular flexibility index (Phi) is 8.64. The molecule has 1 N–H and O–H groups in total. The van der Waals surface area contributed by atoms with Crippen LogP contribution in [-0.2, 0) is 13.0 Å². The van der Waals surface area contributed by atoms with Crippen molar-refractivity contribution in [2.24, 2.45) is 0 Å². The minimum atomic E-state index is -4.60. The number of anilines is 2. The van der Waals surface area contributed by atoms with Crippen molar-refractivity contribution in [3.05, 3.63) is 72.1 Å². The van der Waals surface area contributed by atoms with Crippen molar-refractivity contribution in [1.82, 2.24) is 19.8 Å². The fourth-order valence-corrected chi connectivity index (χ4v) is 5.23. The second-order valence-electron chi connectivity index (χ2n) is 10.2. The second kappa shape index (κ2) is 12.5. The van der Waals surface area contributed by atoms with E-state index in [2.05, 4.69) is 15.3 Å². The van der Waals surface area contributed by atoms with E-state index in [4.69, 9.17) is 9.47 Å². The van der Waals surface area contributed by atoms with Gasteiger partial charge < -0.3 is 24.6 Å². The third-order valence-corrected chi connectivity index (χ3v) is 7.33. The zero-order valence-electron chi connectivity index (χ0n) is 23.0. The summed E-state index contributed by atoms with van der Waals surface area (Å²) in [6, 6.07) is 15.3. The highest BCUT2D eigenvalue weighted by Gasteiger charge is 2.35. The van der Waals surface area contributed by atoms with Crippen molar-refractivity contribution in [3.8, 4) is 11.6 Å². The Balaban J connectivity index is 1.20. The number of hydrogen-bond acceptors (Lipinski definition) is 7. The zero-order chi connectivity index (χ0) is 29.7. The number of alkyl halides is 3. The molecule has 0 atom stereocenters. The predicted molar refractivity (Wildman–Crippen MR) is 149 cm³/mol. The van der Waals surface area contributed by atoms with E-state index >= 15 is 0 Å². The molecule has 13 heteroatoms. The van der Waals surface area contributed by atoms with Gasteiger partial charge in [0.15, 0.2) is 0 Å². The number of aromatic nitrogens is 2. The summed E-state index contributed by atoms with van der Waals surface area (Å²) in [6.45, 7) is -0.00838. The van der Waals surface area contributed by atoms with E-state index in [-0.39, 0.29) is 24.5 Å². The lowest BCUT2D eigenvalue weighted by atomic mass is 10.0. The van der Waals surface area contributed by atoms with Crippen LogP contribution in [-0.4, -0.2) is 77.4 Å². The Hall–Kier alpha value is -4.55. The van der Waals surface area contributed by atoms with Crippen molar-refractivity contribution >= 4 is 23.6 Å². The highest BCUT2D eigenvalue weighted by molar-refractivity contribution is 5.91. The van der Waals surface area contributed by atoms with Gasteiger partial charge >= 0.3 is 18.3 Å². The van der Waals surface area contributed by atoms with Crippen molar-refractivity contribution in [3.63, 3.8) is 0 Å². The number of nitrogens with zero attached hydrogens (tertiary/aromatic N) is 5. The Morgan fingerprint density at radius 1 is 1.07 bits per heavy atom. The van der Waals surface area contributed by atoms with Gasteiger partial charge in [0.25, 0.3) is 0 Å².